The van der Waals surface area contributed by atoms with Gasteiger partial charge in [0, 0.05) is 59.8 Å². The second-order valence-corrected chi connectivity index (χ2v) is 18.1. The molecule has 0 saturated heterocycles. The van der Waals surface area contributed by atoms with Crippen molar-refractivity contribution in [3.63, 3.8) is 0 Å². The van der Waals surface area contributed by atoms with E-state index >= 15 is 0 Å². The molecule has 0 spiro atoms. The van der Waals surface area contributed by atoms with E-state index in [1.54, 1.807) is 0 Å². The zero-order chi connectivity index (χ0) is 45.9. The van der Waals surface area contributed by atoms with Crippen molar-refractivity contribution in [2.24, 2.45) is 0 Å². The number of nitrogens with zero attached hydrogens (tertiary/aromatic N) is 5. The van der Waals surface area contributed by atoms with Crippen LogP contribution < -0.4 is 0 Å². The van der Waals surface area contributed by atoms with E-state index in [2.05, 4.69) is 226 Å². The standard InChI is InChI=1S/C64H39N5O/c1-2-19-40(20-3-1)64-65-50(39-51(66-64)48-28-18-36-61-62(48)49-27-10-17-35-60(49)70-61)41-37-58(67-52-29-11-4-21-42(52)43-22-5-12-30-53(43)67)63(69-56-33-15-8-25-46(56)47-26-9-16-34-57(47)69)59(38-41)68-54-31-13-6-23-44(54)45-24-7-14-32-55(45)68/h1-39H. The first-order valence-electron chi connectivity index (χ1n) is 23.7. The first kappa shape index (κ1) is 38.6. The van der Waals surface area contributed by atoms with Crippen molar-refractivity contribution in [2.75, 3.05) is 0 Å². The molecule has 15 aromatic rings. The highest BCUT2D eigenvalue weighted by Gasteiger charge is 2.27. The Balaban J connectivity index is 1.15. The Morgan fingerprint density at radius 2 is 0.700 bits per heavy atom. The topological polar surface area (TPSA) is 53.7 Å². The van der Waals surface area contributed by atoms with Gasteiger partial charge in [-0.25, -0.2) is 9.97 Å². The Kier molecular flexibility index (Phi) is 8.26. The molecule has 0 aliphatic heterocycles. The molecular weight excluding hydrogens is 855 g/mol. The number of para-hydroxylation sites is 7. The smallest absolute Gasteiger partial charge is 0.160 e. The molecule has 0 N–H and O–H groups in total. The average Bonchev–Trinajstić information content (AvgIpc) is 4.17. The summed E-state index contributed by atoms with van der Waals surface area (Å²) in [5.41, 5.74) is 15.9. The van der Waals surface area contributed by atoms with Crippen LogP contribution >= 0.6 is 0 Å². The Bertz CT molecular complexity index is 4310. The first-order valence-corrected chi connectivity index (χ1v) is 23.7. The molecule has 10 aromatic carbocycles. The van der Waals surface area contributed by atoms with Crippen LogP contribution in [0.3, 0.4) is 0 Å². The van der Waals surface area contributed by atoms with Crippen molar-refractivity contribution in [3.05, 3.63) is 237 Å². The van der Waals surface area contributed by atoms with E-state index in [1.165, 1.54) is 32.3 Å². The molecule has 70 heavy (non-hydrogen) atoms. The van der Waals surface area contributed by atoms with Crippen LogP contribution in [0.1, 0.15) is 0 Å². The molecule has 0 atom stereocenters. The fourth-order valence-corrected chi connectivity index (χ4v) is 11.3. The number of aromatic nitrogens is 5. The predicted molar refractivity (Wildman–Crippen MR) is 289 cm³/mol. The highest BCUT2D eigenvalue weighted by Crippen LogP contribution is 2.46. The van der Waals surface area contributed by atoms with Crippen LogP contribution in [0.4, 0.5) is 0 Å². The van der Waals surface area contributed by atoms with Crippen LogP contribution in [0.2, 0.25) is 0 Å². The zero-order valence-corrected chi connectivity index (χ0v) is 37.7. The summed E-state index contributed by atoms with van der Waals surface area (Å²) in [5, 5.41) is 9.21. The average molecular weight is 894 g/mol. The highest BCUT2D eigenvalue weighted by molar-refractivity contribution is 6.15. The van der Waals surface area contributed by atoms with E-state index in [1.807, 2.05) is 24.3 Å². The molecule has 15 rings (SSSR count). The van der Waals surface area contributed by atoms with Crippen LogP contribution in [0.5, 0.6) is 0 Å². The second kappa shape index (κ2) is 15.0. The maximum atomic E-state index is 6.46. The predicted octanol–water partition coefficient (Wildman–Crippen LogP) is 16.7. The molecule has 6 nitrogen and oxygen atoms in total. The van der Waals surface area contributed by atoms with E-state index in [-0.39, 0.29) is 0 Å². The molecule has 0 saturated carbocycles. The summed E-state index contributed by atoms with van der Waals surface area (Å²) in [5.74, 6) is 0.640. The number of hydrogen-bond acceptors (Lipinski definition) is 3. The Hall–Kier alpha value is -9.52. The second-order valence-electron chi connectivity index (χ2n) is 18.1. The maximum absolute atomic E-state index is 6.46. The zero-order valence-electron chi connectivity index (χ0n) is 37.7. The van der Waals surface area contributed by atoms with E-state index < -0.39 is 0 Å². The van der Waals surface area contributed by atoms with Gasteiger partial charge in [0.05, 0.1) is 61.6 Å². The minimum Gasteiger partial charge on any atom is -0.456 e. The van der Waals surface area contributed by atoms with Crippen molar-refractivity contribution in [2.45, 2.75) is 0 Å². The third-order valence-corrected chi connectivity index (χ3v) is 14.2. The van der Waals surface area contributed by atoms with Gasteiger partial charge in [0.1, 0.15) is 11.2 Å². The fraction of sp³-hybridized carbons (Fsp3) is 0. The normalized spacial score (nSPS) is 12.0. The lowest BCUT2D eigenvalue weighted by Gasteiger charge is -2.23. The minimum absolute atomic E-state index is 0.640. The van der Waals surface area contributed by atoms with E-state index in [0.29, 0.717) is 5.82 Å². The third kappa shape index (κ3) is 5.62. The lowest BCUT2D eigenvalue weighted by molar-refractivity contribution is 0.669. The summed E-state index contributed by atoms with van der Waals surface area (Å²) in [6.07, 6.45) is 0. The quantitative estimate of drug-likeness (QED) is 0.167. The monoisotopic (exact) mass is 893 g/mol. The molecular formula is C64H39N5O. The van der Waals surface area contributed by atoms with Gasteiger partial charge in [0.25, 0.3) is 0 Å². The summed E-state index contributed by atoms with van der Waals surface area (Å²) in [7, 11) is 0. The van der Waals surface area contributed by atoms with E-state index in [9.17, 15) is 0 Å². The van der Waals surface area contributed by atoms with Gasteiger partial charge in [-0.2, -0.15) is 0 Å². The van der Waals surface area contributed by atoms with Crippen LogP contribution in [0.15, 0.2) is 241 Å². The summed E-state index contributed by atoms with van der Waals surface area (Å²) >= 11 is 0. The summed E-state index contributed by atoms with van der Waals surface area (Å²) in [4.78, 5) is 11.0. The molecule has 6 heteroatoms. The SMILES string of the molecule is c1ccc(-c2nc(-c3cc(-n4c5ccccc5c5ccccc54)c(-n4c5ccccc5c5ccccc54)c(-n4c5ccccc5c5ccccc54)c3)cc(-c3cccc4oc5ccccc5c34)n2)cc1. The van der Waals surface area contributed by atoms with Gasteiger partial charge < -0.3 is 18.1 Å². The van der Waals surface area contributed by atoms with Gasteiger partial charge in [0.2, 0.25) is 0 Å². The molecule has 0 amide bonds. The van der Waals surface area contributed by atoms with Crippen LogP contribution in [-0.4, -0.2) is 23.7 Å². The Labute approximate surface area is 401 Å². The molecule has 0 unspecified atom stereocenters. The van der Waals surface area contributed by atoms with Gasteiger partial charge in [0.15, 0.2) is 5.82 Å². The summed E-state index contributed by atoms with van der Waals surface area (Å²) in [6, 6.07) is 84.5. The third-order valence-electron chi connectivity index (χ3n) is 14.2. The summed E-state index contributed by atoms with van der Waals surface area (Å²) < 4.78 is 13.9. The minimum atomic E-state index is 0.640. The number of rotatable bonds is 6. The lowest BCUT2D eigenvalue weighted by atomic mass is 10.0. The fourth-order valence-electron chi connectivity index (χ4n) is 11.3. The Morgan fingerprint density at radius 3 is 1.20 bits per heavy atom. The van der Waals surface area contributed by atoms with Crippen LogP contribution in [0, 0.1) is 0 Å². The van der Waals surface area contributed by atoms with Crippen LogP contribution in [-0.2, 0) is 0 Å². The molecule has 0 aliphatic rings. The van der Waals surface area contributed by atoms with Crippen molar-refractivity contribution in [3.8, 4) is 51.0 Å². The van der Waals surface area contributed by atoms with Crippen molar-refractivity contribution >= 4 is 87.4 Å². The molecule has 5 aromatic heterocycles. The van der Waals surface area contributed by atoms with E-state index in [0.717, 1.165) is 100 Å². The first-order chi connectivity index (χ1) is 34.7. The molecule has 0 fully saturated rings. The molecule has 5 heterocycles. The van der Waals surface area contributed by atoms with Gasteiger partial charge in [-0.3, -0.25) is 0 Å². The molecule has 0 aliphatic carbocycles. The lowest BCUT2D eigenvalue weighted by Crippen LogP contribution is -2.10. The highest BCUT2D eigenvalue weighted by atomic mass is 16.3. The number of hydrogen-bond donors (Lipinski definition) is 0. The van der Waals surface area contributed by atoms with Gasteiger partial charge in [-0.15, -0.1) is 0 Å². The largest absolute Gasteiger partial charge is 0.456 e. The van der Waals surface area contributed by atoms with Crippen molar-refractivity contribution < 1.29 is 4.42 Å². The Morgan fingerprint density at radius 1 is 0.300 bits per heavy atom. The van der Waals surface area contributed by atoms with Crippen LogP contribution in [0.25, 0.3) is 138 Å². The van der Waals surface area contributed by atoms with Gasteiger partial charge in [-0.1, -0.05) is 170 Å². The number of fused-ring (bicyclic) bond motifs is 12. The molecule has 326 valence electrons. The number of furan rings is 1. The van der Waals surface area contributed by atoms with Gasteiger partial charge >= 0.3 is 0 Å². The number of benzene rings is 10. The van der Waals surface area contributed by atoms with Crippen molar-refractivity contribution in [1.29, 1.82) is 0 Å². The maximum Gasteiger partial charge on any atom is 0.160 e. The van der Waals surface area contributed by atoms with E-state index in [4.69, 9.17) is 14.4 Å². The van der Waals surface area contributed by atoms with Crippen molar-refractivity contribution in [1.82, 2.24) is 23.7 Å². The molecule has 0 bridgehead atoms. The summed E-state index contributed by atoms with van der Waals surface area (Å²) in [6.45, 7) is 0. The molecule has 0 radical (unpaired) electrons. The van der Waals surface area contributed by atoms with Gasteiger partial charge in [-0.05, 0) is 66.7 Å².